The number of rotatable bonds is 2. The van der Waals surface area contributed by atoms with E-state index in [1.807, 2.05) is 17.1 Å². The van der Waals surface area contributed by atoms with Crippen LogP contribution in [0.5, 0.6) is 5.75 Å². The predicted octanol–water partition coefficient (Wildman–Crippen LogP) is 4.57. The summed E-state index contributed by atoms with van der Waals surface area (Å²) in [4.78, 5) is 13.0. The van der Waals surface area contributed by atoms with Gasteiger partial charge in [-0.15, -0.1) is 0 Å². The molecule has 144 valence electrons. The quantitative estimate of drug-likeness (QED) is 0.772. The fraction of sp³-hybridized carbons (Fsp3) is 0.375. The van der Waals surface area contributed by atoms with Gasteiger partial charge in [0.15, 0.2) is 0 Å². The zero-order valence-electron chi connectivity index (χ0n) is 17.1. The Balaban J connectivity index is 1.88. The molecule has 0 aromatic heterocycles. The maximum absolute atomic E-state index is 13.0. The molecule has 2 fully saturated rings. The molecule has 0 spiro atoms. The number of hydrogen-bond donors (Lipinski definition) is 0. The molecule has 4 heteroatoms. The second kappa shape index (κ2) is 5.48. The third kappa shape index (κ3) is 2.01. The van der Waals surface area contributed by atoms with Crippen LogP contribution in [-0.4, -0.2) is 34.1 Å². The van der Waals surface area contributed by atoms with E-state index in [1.165, 1.54) is 27.8 Å². The Kier molecular flexibility index (Phi) is 3.43. The summed E-state index contributed by atoms with van der Waals surface area (Å²) in [7, 11) is 1.73. The highest BCUT2D eigenvalue weighted by molar-refractivity contribution is 5.94. The molecule has 1 unspecified atom stereocenters. The zero-order chi connectivity index (χ0) is 19.8. The first kappa shape index (κ1) is 17.5. The molecule has 2 aliphatic heterocycles. The molecule has 2 heterocycles. The van der Waals surface area contributed by atoms with Crippen LogP contribution in [0.4, 0.5) is 0 Å². The van der Waals surface area contributed by atoms with Gasteiger partial charge in [0, 0.05) is 17.5 Å². The average Bonchev–Trinajstić information content (AvgIpc) is 3.21. The second-order valence-corrected chi connectivity index (χ2v) is 9.08. The van der Waals surface area contributed by atoms with Gasteiger partial charge in [0.25, 0.3) is 0 Å². The molecule has 4 nitrogen and oxygen atoms in total. The monoisotopic (exact) mass is 374 g/mol. The van der Waals surface area contributed by atoms with Gasteiger partial charge in [-0.3, -0.25) is 9.80 Å². The number of fused-ring (bicyclic) bond motifs is 5. The SMILES string of the molecule is COc1cccc2c1C(c1ccccc1)=C1C2N2N(C(=O)CC2(C)C)C1(C)C. The smallest absolute Gasteiger partial charge is 0.239 e. The summed E-state index contributed by atoms with van der Waals surface area (Å²) < 4.78 is 5.79. The largest absolute Gasteiger partial charge is 0.496 e. The number of ether oxygens (including phenoxy) is 1. The first-order valence-corrected chi connectivity index (χ1v) is 9.88. The van der Waals surface area contributed by atoms with Crippen LogP contribution >= 0.6 is 0 Å². The minimum atomic E-state index is -0.398. The van der Waals surface area contributed by atoms with Gasteiger partial charge in [0.2, 0.25) is 5.91 Å². The van der Waals surface area contributed by atoms with Crippen LogP contribution in [0.1, 0.15) is 56.8 Å². The lowest BCUT2D eigenvalue weighted by Gasteiger charge is -2.38. The van der Waals surface area contributed by atoms with E-state index < -0.39 is 5.54 Å². The van der Waals surface area contributed by atoms with Crippen molar-refractivity contribution in [2.45, 2.75) is 51.2 Å². The normalized spacial score (nSPS) is 24.4. The molecule has 1 aliphatic carbocycles. The summed E-state index contributed by atoms with van der Waals surface area (Å²) in [5, 5.41) is 4.33. The summed E-state index contributed by atoms with van der Waals surface area (Å²) in [5.74, 6) is 1.10. The third-order valence-electron chi connectivity index (χ3n) is 6.52. The summed E-state index contributed by atoms with van der Waals surface area (Å²) in [5.41, 5.74) is 5.44. The zero-order valence-corrected chi connectivity index (χ0v) is 17.1. The van der Waals surface area contributed by atoms with Gasteiger partial charge in [0.1, 0.15) is 5.75 Å². The minimum absolute atomic E-state index is 0.0526. The fourth-order valence-corrected chi connectivity index (χ4v) is 5.52. The Hall–Kier alpha value is -2.59. The number of carbonyl (C=O) groups is 1. The van der Waals surface area contributed by atoms with Crippen LogP contribution in [0.2, 0.25) is 0 Å². The van der Waals surface area contributed by atoms with E-state index in [4.69, 9.17) is 4.74 Å². The first-order valence-electron chi connectivity index (χ1n) is 9.88. The molecule has 28 heavy (non-hydrogen) atoms. The van der Waals surface area contributed by atoms with Crippen molar-refractivity contribution in [2.75, 3.05) is 7.11 Å². The average molecular weight is 374 g/mol. The van der Waals surface area contributed by atoms with Crippen molar-refractivity contribution in [3.05, 3.63) is 70.8 Å². The molecule has 2 aromatic carbocycles. The fourth-order valence-electron chi connectivity index (χ4n) is 5.52. The van der Waals surface area contributed by atoms with E-state index >= 15 is 0 Å². The van der Waals surface area contributed by atoms with Gasteiger partial charge < -0.3 is 4.74 Å². The molecule has 0 radical (unpaired) electrons. The number of hydrogen-bond acceptors (Lipinski definition) is 3. The number of hydrazine groups is 1. The molecule has 1 amide bonds. The van der Waals surface area contributed by atoms with Crippen molar-refractivity contribution >= 4 is 11.5 Å². The van der Waals surface area contributed by atoms with E-state index in [2.05, 4.69) is 69.1 Å². The lowest BCUT2D eigenvalue weighted by atomic mass is 9.85. The Morgan fingerprint density at radius 1 is 1.00 bits per heavy atom. The van der Waals surface area contributed by atoms with E-state index in [-0.39, 0.29) is 17.5 Å². The lowest BCUT2D eigenvalue weighted by Crippen LogP contribution is -2.49. The molecule has 5 rings (SSSR count). The number of benzene rings is 2. The third-order valence-corrected chi connectivity index (χ3v) is 6.52. The number of methoxy groups -OCH3 is 1. The van der Waals surface area contributed by atoms with Crippen LogP contribution in [0, 0.1) is 0 Å². The van der Waals surface area contributed by atoms with Crippen molar-refractivity contribution in [1.29, 1.82) is 0 Å². The predicted molar refractivity (Wildman–Crippen MR) is 110 cm³/mol. The van der Waals surface area contributed by atoms with Crippen molar-refractivity contribution in [3.63, 3.8) is 0 Å². The van der Waals surface area contributed by atoms with Gasteiger partial charge in [-0.1, -0.05) is 42.5 Å². The highest BCUT2D eigenvalue weighted by atomic mass is 16.5. The van der Waals surface area contributed by atoms with Crippen LogP contribution in [0.25, 0.3) is 5.57 Å². The maximum Gasteiger partial charge on any atom is 0.239 e. The van der Waals surface area contributed by atoms with Gasteiger partial charge in [-0.05, 0) is 56.0 Å². The van der Waals surface area contributed by atoms with Gasteiger partial charge in [-0.2, -0.15) is 0 Å². The first-order chi connectivity index (χ1) is 13.3. The van der Waals surface area contributed by atoms with Gasteiger partial charge in [-0.25, -0.2) is 5.01 Å². The van der Waals surface area contributed by atoms with Crippen molar-refractivity contribution in [3.8, 4) is 5.75 Å². The number of nitrogens with zero attached hydrogens (tertiary/aromatic N) is 2. The highest BCUT2D eigenvalue weighted by Gasteiger charge is 2.63. The van der Waals surface area contributed by atoms with E-state index in [0.29, 0.717) is 6.42 Å². The molecule has 0 saturated carbocycles. The maximum atomic E-state index is 13.0. The van der Waals surface area contributed by atoms with Crippen LogP contribution < -0.4 is 4.74 Å². The standard InChI is InChI=1S/C24H26N2O2/c1-23(2)14-18(27)25-24(3,4)21-19(15-10-7-6-8-11-15)20-16(22(21)26(23)25)12-9-13-17(20)28-5/h6-13,22H,14H2,1-5H3. The lowest BCUT2D eigenvalue weighted by molar-refractivity contribution is -0.145. The summed E-state index contributed by atoms with van der Waals surface area (Å²) in [6.45, 7) is 8.69. The molecule has 2 saturated heterocycles. The van der Waals surface area contributed by atoms with Crippen molar-refractivity contribution in [1.82, 2.24) is 10.0 Å². The van der Waals surface area contributed by atoms with E-state index in [9.17, 15) is 4.79 Å². The Labute approximate surface area is 166 Å². The molecule has 0 bridgehead atoms. The summed E-state index contributed by atoms with van der Waals surface area (Å²) >= 11 is 0. The minimum Gasteiger partial charge on any atom is -0.496 e. The van der Waals surface area contributed by atoms with Crippen LogP contribution in [-0.2, 0) is 4.79 Å². The van der Waals surface area contributed by atoms with Gasteiger partial charge >= 0.3 is 0 Å². The number of carbonyl (C=O) groups excluding carboxylic acids is 1. The molecule has 3 aliphatic rings. The Morgan fingerprint density at radius 2 is 1.71 bits per heavy atom. The molecule has 2 aromatic rings. The van der Waals surface area contributed by atoms with Crippen molar-refractivity contribution in [2.24, 2.45) is 0 Å². The van der Waals surface area contributed by atoms with E-state index in [0.717, 1.165) is 5.75 Å². The summed E-state index contributed by atoms with van der Waals surface area (Å²) in [6, 6.07) is 16.8. The molecular weight excluding hydrogens is 348 g/mol. The number of amides is 1. The van der Waals surface area contributed by atoms with Crippen molar-refractivity contribution < 1.29 is 9.53 Å². The van der Waals surface area contributed by atoms with E-state index in [1.54, 1.807) is 7.11 Å². The Morgan fingerprint density at radius 3 is 2.39 bits per heavy atom. The molecular formula is C24H26N2O2. The Bertz CT molecular complexity index is 1020. The van der Waals surface area contributed by atoms with Crippen LogP contribution in [0.15, 0.2) is 54.1 Å². The summed E-state index contributed by atoms with van der Waals surface area (Å²) in [6.07, 6.45) is 0.542. The molecule has 0 N–H and O–H groups in total. The second-order valence-electron chi connectivity index (χ2n) is 9.08. The van der Waals surface area contributed by atoms with Gasteiger partial charge in [0.05, 0.1) is 18.7 Å². The highest BCUT2D eigenvalue weighted by Crippen LogP contribution is 2.62. The van der Waals surface area contributed by atoms with Crippen LogP contribution in [0.3, 0.4) is 0 Å². The molecule has 1 atom stereocenters. The topological polar surface area (TPSA) is 32.8 Å².